The zero-order chi connectivity index (χ0) is 37.8. The summed E-state index contributed by atoms with van der Waals surface area (Å²) in [6, 6.07) is 12.0. The van der Waals surface area contributed by atoms with E-state index in [0.29, 0.717) is 33.9 Å². The molecule has 2 aromatic carbocycles. The minimum Gasteiger partial charge on any atom is -0.348 e. The van der Waals surface area contributed by atoms with Crippen molar-refractivity contribution < 1.29 is 44.7 Å². The number of amides is 2. The number of nitrogens with one attached hydrogen (secondary N) is 3. The molecule has 5 aromatic rings. The van der Waals surface area contributed by atoms with Crippen molar-refractivity contribution in [1.82, 2.24) is 30.4 Å². The molecule has 0 saturated heterocycles. The molecule has 0 unspecified atom stereocenters. The Hall–Kier alpha value is -5.87. The number of carbonyl (C=O) groups excluding carboxylic acids is 2. The SMILES string of the molecule is O=C(Cn1nc(C(F)F)c2c1C(F)(F)CCC2(F)F)N[C@@H](Cc1cc(F)cc(F)c1)c1nc(-c2cc[nH]c(=O)c2)ccc1-c1ccc2c(c1)C(=O)NC2. The van der Waals surface area contributed by atoms with Crippen LogP contribution in [-0.4, -0.2) is 31.6 Å². The molecule has 3 aromatic heterocycles. The Morgan fingerprint density at radius 1 is 0.868 bits per heavy atom. The Bertz CT molecular complexity index is 2320. The Kier molecular flexibility index (Phi) is 8.90. The fourth-order valence-electron chi connectivity index (χ4n) is 6.72. The summed E-state index contributed by atoms with van der Waals surface area (Å²) in [7, 11) is 0. The van der Waals surface area contributed by atoms with Crippen molar-refractivity contribution in [2.45, 2.75) is 56.7 Å². The lowest BCUT2D eigenvalue weighted by atomic mass is 9.89. The molecule has 0 bridgehead atoms. The Morgan fingerprint density at radius 2 is 1.60 bits per heavy atom. The highest BCUT2D eigenvalue weighted by Gasteiger charge is 2.55. The summed E-state index contributed by atoms with van der Waals surface area (Å²) in [6.45, 7) is -0.947. The van der Waals surface area contributed by atoms with Crippen molar-refractivity contribution in [1.29, 1.82) is 0 Å². The van der Waals surface area contributed by atoms with Crippen LogP contribution in [0.2, 0.25) is 0 Å². The molecule has 2 aliphatic rings. The predicted molar refractivity (Wildman–Crippen MR) is 172 cm³/mol. The number of pyridine rings is 2. The number of benzene rings is 2. The number of hydrogen-bond acceptors (Lipinski definition) is 5. The van der Waals surface area contributed by atoms with Crippen LogP contribution in [0.1, 0.15) is 69.4 Å². The summed E-state index contributed by atoms with van der Waals surface area (Å²) in [6.07, 6.45) is -5.51. The van der Waals surface area contributed by atoms with Crippen LogP contribution in [-0.2, 0) is 36.1 Å². The molecule has 17 heteroatoms. The molecule has 1 aliphatic heterocycles. The van der Waals surface area contributed by atoms with E-state index in [2.05, 4.69) is 20.7 Å². The molecule has 0 spiro atoms. The smallest absolute Gasteiger partial charge is 0.290 e. The minimum atomic E-state index is -4.08. The zero-order valence-corrected chi connectivity index (χ0v) is 27.1. The molecule has 0 saturated carbocycles. The standard InChI is InChI=1S/C36H26F8N6O3/c37-21-9-17(10-22(38)14-21)11-26(47-28(52)16-50-32-29(31(49-50)33(39)40)35(41,42)6-7-36(32,43)44)30-23(18-1-2-20-15-46-34(53)24(20)12-18)3-4-25(48-30)19-5-8-45-27(51)13-19/h1-5,8-10,12-14,26,33H,6-7,11,15-16H2,(H,45,51)(H,46,53)(H,47,52)/t26-/m0/s1. The highest BCUT2D eigenvalue weighted by Crippen LogP contribution is 2.52. The summed E-state index contributed by atoms with van der Waals surface area (Å²) in [4.78, 5) is 45.6. The van der Waals surface area contributed by atoms with Crippen LogP contribution in [0.5, 0.6) is 0 Å². The first-order valence-corrected chi connectivity index (χ1v) is 16.1. The van der Waals surface area contributed by atoms with Gasteiger partial charge in [-0.15, -0.1) is 0 Å². The fraction of sp³-hybridized carbons (Fsp3) is 0.250. The third kappa shape index (κ3) is 6.90. The van der Waals surface area contributed by atoms with Gasteiger partial charge in [-0.2, -0.15) is 13.9 Å². The topological polar surface area (TPSA) is 122 Å². The maximum absolute atomic E-state index is 15.1. The van der Waals surface area contributed by atoms with E-state index in [1.807, 2.05) is 0 Å². The minimum absolute atomic E-state index is 0.00179. The van der Waals surface area contributed by atoms with Gasteiger partial charge in [0.2, 0.25) is 11.5 Å². The normalized spacial score (nSPS) is 16.2. The van der Waals surface area contributed by atoms with Gasteiger partial charge in [-0.05, 0) is 53.4 Å². The Balaban J connectivity index is 1.36. The Labute approximate surface area is 294 Å². The average molecular weight is 743 g/mol. The van der Waals surface area contributed by atoms with Crippen LogP contribution in [0.3, 0.4) is 0 Å². The van der Waals surface area contributed by atoms with Gasteiger partial charge in [-0.3, -0.25) is 19.1 Å². The van der Waals surface area contributed by atoms with Gasteiger partial charge in [0.05, 0.1) is 23.0 Å². The van der Waals surface area contributed by atoms with Gasteiger partial charge < -0.3 is 15.6 Å². The number of aromatic amines is 1. The van der Waals surface area contributed by atoms with E-state index in [-0.39, 0.29) is 34.1 Å². The van der Waals surface area contributed by atoms with Gasteiger partial charge in [0.25, 0.3) is 24.2 Å². The maximum atomic E-state index is 15.1. The predicted octanol–water partition coefficient (Wildman–Crippen LogP) is 6.84. The molecule has 53 heavy (non-hydrogen) atoms. The molecule has 7 rings (SSSR count). The molecular formula is C36H26F8N6O3. The molecule has 2 amide bonds. The molecule has 4 heterocycles. The second-order valence-electron chi connectivity index (χ2n) is 12.7. The van der Waals surface area contributed by atoms with E-state index in [1.54, 1.807) is 30.3 Å². The Morgan fingerprint density at radius 3 is 2.32 bits per heavy atom. The lowest BCUT2D eigenvalue weighted by Gasteiger charge is -2.29. The lowest BCUT2D eigenvalue weighted by molar-refractivity contribution is -0.123. The van der Waals surface area contributed by atoms with E-state index >= 15 is 8.78 Å². The van der Waals surface area contributed by atoms with Crippen LogP contribution in [0, 0.1) is 11.6 Å². The van der Waals surface area contributed by atoms with Crippen molar-refractivity contribution in [3.63, 3.8) is 0 Å². The van der Waals surface area contributed by atoms with Crippen LogP contribution in [0.15, 0.2) is 71.7 Å². The van der Waals surface area contributed by atoms with Gasteiger partial charge >= 0.3 is 0 Å². The number of halogens is 8. The number of fused-ring (bicyclic) bond motifs is 2. The summed E-state index contributed by atoms with van der Waals surface area (Å²) >= 11 is 0. The van der Waals surface area contributed by atoms with Crippen molar-refractivity contribution in [3.8, 4) is 22.4 Å². The highest BCUT2D eigenvalue weighted by atomic mass is 19.3. The largest absolute Gasteiger partial charge is 0.348 e. The van der Waals surface area contributed by atoms with E-state index in [9.17, 15) is 40.7 Å². The van der Waals surface area contributed by atoms with E-state index in [1.165, 1.54) is 18.3 Å². The molecule has 9 nitrogen and oxygen atoms in total. The van der Waals surface area contributed by atoms with Crippen molar-refractivity contribution in [2.24, 2.45) is 0 Å². The second-order valence-corrected chi connectivity index (χ2v) is 12.7. The zero-order valence-electron chi connectivity index (χ0n) is 27.1. The molecule has 274 valence electrons. The number of nitrogens with zero attached hydrogens (tertiary/aromatic N) is 3. The first kappa shape index (κ1) is 35.5. The first-order valence-electron chi connectivity index (χ1n) is 16.1. The number of H-pyrrole nitrogens is 1. The van der Waals surface area contributed by atoms with Gasteiger partial charge in [0.15, 0.2) is 0 Å². The van der Waals surface area contributed by atoms with Crippen LogP contribution >= 0.6 is 0 Å². The fourth-order valence-corrected chi connectivity index (χ4v) is 6.72. The third-order valence-corrected chi connectivity index (χ3v) is 9.07. The van der Waals surface area contributed by atoms with Gasteiger partial charge in [0, 0.05) is 54.4 Å². The second kappa shape index (κ2) is 13.3. The van der Waals surface area contributed by atoms with Crippen LogP contribution < -0.4 is 16.2 Å². The molecule has 1 aliphatic carbocycles. The van der Waals surface area contributed by atoms with Gasteiger partial charge in [0.1, 0.15) is 29.6 Å². The van der Waals surface area contributed by atoms with Gasteiger partial charge in [-0.25, -0.2) is 31.3 Å². The van der Waals surface area contributed by atoms with E-state index < -0.39 is 90.2 Å². The molecule has 1 atom stereocenters. The van der Waals surface area contributed by atoms with Crippen molar-refractivity contribution in [2.75, 3.05) is 0 Å². The van der Waals surface area contributed by atoms with E-state index in [0.717, 1.165) is 12.1 Å². The number of alkyl halides is 6. The monoisotopic (exact) mass is 742 g/mol. The highest BCUT2D eigenvalue weighted by molar-refractivity contribution is 5.99. The van der Waals surface area contributed by atoms with Gasteiger partial charge in [-0.1, -0.05) is 18.2 Å². The van der Waals surface area contributed by atoms with Crippen molar-refractivity contribution >= 4 is 11.8 Å². The summed E-state index contributed by atoms with van der Waals surface area (Å²) in [5, 5.41) is 8.59. The number of hydrogen-bond donors (Lipinski definition) is 3. The quantitative estimate of drug-likeness (QED) is 0.143. The first-order chi connectivity index (χ1) is 25.1. The number of rotatable bonds is 9. The molecular weight excluding hydrogens is 716 g/mol. The number of carbonyl (C=O) groups is 2. The summed E-state index contributed by atoms with van der Waals surface area (Å²) in [5.41, 5.74) is -2.94. The summed E-state index contributed by atoms with van der Waals surface area (Å²) in [5.74, 6) is -11.6. The lowest BCUT2D eigenvalue weighted by Crippen LogP contribution is -2.37. The molecule has 0 fully saturated rings. The molecule has 3 N–H and O–H groups in total. The number of aromatic nitrogens is 4. The maximum Gasteiger partial charge on any atom is 0.290 e. The molecule has 0 radical (unpaired) electrons. The van der Waals surface area contributed by atoms with E-state index in [4.69, 9.17) is 4.98 Å². The van der Waals surface area contributed by atoms with Crippen LogP contribution in [0.25, 0.3) is 22.4 Å². The summed E-state index contributed by atoms with van der Waals surface area (Å²) < 4.78 is 117. The van der Waals surface area contributed by atoms with Crippen molar-refractivity contribution in [3.05, 3.63) is 128 Å². The van der Waals surface area contributed by atoms with Crippen LogP contribution in [0.4, 0.5) is 35.1 Å². The average Bonchev–Trinajstić information content (AvgIpc) is 3.68. The third-order valence-electron chi connectivity index (χ3n) is 9.07.